The van der Waals surface area contributed by atoms with Crippen molar-refractivity contribution in [3.8, 4) is 11.5 Å². The molecule has 0 saturated carbocycles. The summed E-state index contributed by atoms with van der Waals surface area (Å²) in [4.78, 5) is 44.8. The lowest BCUT2D eigenvalue weighted by molar-refractivity contribution is -0.117. The fourth-order valence-electron chi connectivity index (χ4n) is 5.09. The van der Waals surface area contributed by atoms with Crippen LogP contribution in [0.4, 0.5) is 21.9 Å². The Bertz CT molecular complexity index is 1570. The van der Waals surface area contributed by atoms with Crippen molar-refractivity contribution in [1.82, 2.24) is 9.80 Å². The van der Waals surface area contributed by atoms with E-state index >= 15 is 0 Å². The van der Waals surface area contributed by atoms with Gasteiger partial charge in [0.25, 0.3) is 5.91 Å². The number of carbonyl (C=O) groups is 3. The first-order chi connectivity index (χ1) is 21.9. The minimum Gasteiger partial charge on any atom is -0.497 e. The summed E-state index contributed by atoms with van der Waals surface area (Å²) in [6, 6.07) is 31.1. The van der Waals surface area contributed by atoms with Crippen molar-refractivity contribution in [2.75, 3.05) is 62.5 Å². The van der Waals surface area contributed by atoms with Crippen molar-refractivity contribution in [2.24, 2.45) is 0 Å². The molecule has 1 fully saturated rings. The van der Waals surface area contributed by atoms with Crippen molar-refractivity contribution < 1.29 is 23.9 Å². The number of hydrogen-bond donors (Lipinski definition) is 2. The number of carbonyl (C=O) groups excluding carboxylic acids is 3. The van der Waals surface area contributed by atoms with Crippen LogP contribution < -0.4 is 25.0 Å². The van der Waals surface area contributed by atoms with E-state index in [-0.39, 0.29) is 24.4 Å². The predicted octanol–water partition coefficient (Wildman–Crippen LogP) is 5.34. The molecule has 0 atom stereocenters. The van der Waals surface area contributed by atoms with Crippen LogP contribution in [0.15, 0.2) is 103 Å². The Morgan fingerprint density at radius 3 is 1.84 bits per heavy atom. The highest BCUT2D eigenvalue weighted by molar-refractivity contribution is 5.99. The van der Waals surface area contributed by atoms with Gasteiger partial charge in [0.15, 0.2) is 0 Å². The number of anilines is 3. The van der Waals surface area contributed by atoms with Gasteiger partial charge in [0, 0.05) is 55.3 Å². The first kappa shape index (κ1) is 30.9. The Balaban J connectivity index is 1.15. The van der Waals surface area contributed by atoms with E-state index in [1.807, 2.05) is 78.9 Å². The molecule has 0 radical (unpaired) electrons. The fourth-order valence-corrected chi connectivity index (χ4v) is 5.09. The van der Waals surface area contributed by atoms with Crippen molar-refractivity contribution in [1.29, 1.82) is 0 Å². The van der Waals surface area contributed by atoms with Gasteiger partial charge in [0.2, 0.25) is 5.91 Å². The van der Waals surface area contributed by atoms with Crippen LogP contribution in [-0.2, 0) is 11.3 Å². The lowest BCUT2D eigenvalue weighted by atomic mass is 10.1. The van der Waals surface area contributed by atoms with E-state index in [9.17, 15) is 14.4 Å². The number of amides is 4. The summed E-state index contributed by atoms with van der Waals surface area (Å²) in [5, 5.41) is 5.86. The highest BCUT2D eigenvalue weighted by atomic mass is 16.5. The van der Waals surface area contributed by atoms with Gasteiger partial charge < -0.3 is 34.8 Å². The second kappa shape index (κ2) is 14.8. The molecule has 5 rings (SSSR count). The van der Waals surface area contributed by atoms with Gasteiger partial charge in [-0.1, -0.05) is 30.3 Å². The van der Waals surface area contributed by atoms with E-state index in [4.69, 9.17) is 9.47 Å². The van der Waals surface area contributed by atoms with Crippen LogP contribution in [0.1, 0.15) is 15.9 Å². The third-order valence-corrected chi connectivity index (χ3v) is 7.60. The molecule has 0 bridgehead atoms. The normalized spacial score (nSPS) is 12.7. The molecule has 232 valence electrons. The van der Waals surface area contributed by atoms with Crippen LogP contribution in [0.2, 0.25) is 0 Å². The monoisotopic (exact) mass is 607 g/mol. The van der Waals surface area contributed by atoms with Crippen molar-refractivity contribution >= 4 is 34.9 Å². The summed E-state index contributed by atoms with van der Waals surface area (Å²) in [7, 11) is 3.18. The number of ether oxygens (including phenoxy) is 2. The minimum atomic E-state index is -0.294. The van der Waals surface area contributed by atoms with E-state index in [0.717, 1.165) is 17.0 Å². The van der Waals surface area contributed by atoms with Gasteiger partial charge in [-0.25, -0.2) is 4.79 Å². The summed E-state index contributed by atoms with van der Waals surface area (Å²) in [6.07, 6.45) is 0. The quantitative estimate of drug-likeness (QED) is 0.252. The van der Waals surface area contributed by atoms with Crippen LogP contribution in [0.5, 0.6) is 11.5 Å². The first-order valence-corrected chi connectivity index (χ1v) is 14.7. The second-order valence-electron chi connectivity index (χ2n) is 10.6. The Kier molecular flexibility index (Phi) is 10.2. The summed E-state index contributed by atoms with van der Waals surface area (Å²) in [6.45, 7) is 2.72. The molecule has 2 N–H and O–H groups in total. The number of rotatable bonds is 10. The highest BCUT2D eigenvalue weighted by Crippen LogP contribution is 2.21. The Labute approximate surface area is 263 Å². The number of benzene rings is 4. The maximum absolute atomic E-state index is 13.4. The molecule has 0 aromatic heterocycles. The molecule has 45 heavy (non-hydrogen) atoms. The van der Waals surface area contributed by atoms with Crippen LogP contribution in [0, 0.1) is 0 Å². The average Bonchev–Trinajstić information content (AvgIpc) is 3.09. The zero-order chi connectivity index (χ0) is 31.6. The molecule has 10 heteroatoms. The Morgan fingerprint density at radius 2 is 1.24 bits per heavy atom. The molecular weight excluding hydrogens is 570 g/mol. The van der Waals surface area contributed by atoms with Gasteiger partial charge >= 0.3 is 6.03 Å². The van der Waals surface area contributed by atoms with E-state index in [1.165, 1.54) is 4.90 Å². The van der Waals surface area contributed by atoms with Gasteiger partial charge in [-0.05, 0) is 78.4 Å². The van der Waals surface area contributed by atoms with Crippen LogP contribution in [-0.4, -0.2) is 74.6 Å². The van der Waals surface area contributed by atoms with Crippen LogP contribution in [0.25, 0.3) is 0 Å². The summed E-state index contributed by atoms with van der Waals surface area (Å²) in [5.74, 6) is 0.845. The molecule has 1 aliphatic rings. The summed E-state index contributed by atoms with van der Waals surface area (Å²) >= 11 is 0. The van der Waals surface area contributed by atoms with E-state index in [0.29, 0.717) is 55.4 Å². The van der Waals surface area contributed by atoms with E-state index < -0.39 is 0 Å². The van der Waals surface area contributed by atoms with Crippen molar-refractivity contribution in [2.45, 2.75) is 6.54 Å². The third-order valence-electron chi connectivity index (χ3n) is 7.60. The maximum Gasteiger partial charge on any atom is 0.321 e. The molecule has 0 spiro atoms. The molecule has 10 nitrogen and oxygen atoms in total. The van der Waals surface area contributed by atoms with Crippen molar-refractivity contribution in [3.05, 3.63) is 114 Å². The van der Waals surface area contributed by atoms with Crippen LogP contribution in [0.3, 0.4) is 0 Å². The number of piperazine rings is 1. The zero-order valence-corrected chi connectivity index (χ0v) is 25.4. The predicted molar refractivity (Wildman–Crippen MR) is 175 cm³/mol. The zero-order valence-electron chi connectivity index (χ0n) is 25.4. The van der Waals surface area contributed by atoms with Gasteiger partial charge in [-0.3, -0.25) is 9.59 Å². The number of methoxy groups -OCH3 is 2. The SMILES string of the molecule is COc1ccc(NC(=O)N2CCN(c3ccc(NC(=O)CN(Cc4ccccc4)C(=O)c4ccc(OC)cc4)cc3)CC2)cc1. The van der Waals surface area contributed by atoms with Gasteiger partial charge in [-0.2, -0.15) is 0 Å². The standard InChI is InChI=1S/C35H37N5O5/c1-44-31-16-8-27(9-17-31)34(42)40(24-26-6-4-3-5-7-26)25-33(41)36-28-10-14-30(15-11-28)38-20-22-39(23-21-38)35(43)37-29-12-18-32(45-2)19-13-29/h3-19H,20-25H2,1-2H3,(H,36,41)(H,37,43). The Morgan fingerprint density at radius 1 is 0.689 bits per heavy atom. The molecule has 1 aliphatic heterocycles. The fraction of sp³-hybridized carbons (Fsp3) is 0.229. The van der Waals surface area contributed by atoms with E-state index in [1.54, 1.807) is 43.4 Å². The third kappa shape index (κ3) is 8.32. The molecule has 0 aliphatic carbocycles. The van der Waals surface area contributed by atoms with E-state index in [2.05, 4.69) is 15.5 Å². The summed E-state index contributed by atoms with van der Waals surface area (Å²) < 4.78 is 10.4. The molecule has 4 aromatic carbocycles. The molecule has 4 aromatic rings. The van der Waals surface area contributed by atoms with Crippen LogP contribution >= 0.6 is 0 Å². The first-order valence-electron chi connectivity index (χ1n) is 14.7. The molecular formula is C35H37N5O5. The maximum atomic E-state index is 13.4. The summed E-state index contributed by atoms with van der Waals surface area (Å²) in [5.41, 5.74) is 3.76. The minimum absolute atomic E-state index is 0.109. The number of urea groups is 1. The second-order valence-corrected chi connectivity index (χ2v) is 10.6. The largest absolute Gasteiger partial charge is 0.497 e. The van der Waals surface area contributed by atoms with Gasteiger partial charge in [0.05, 0.1) is 14.2 Å². The Hall–Kier alpha value is -5.51. The van der Waals surface area contributed by atoms with Crippen molar-refractivity contribution in [3.63, 3.8) is 0 Å². The smallest absolute Gasteiger partial charge is 0.321 e. The van der Waals surface area contributed by atoms with Gasteiger partial charge in [0.1, 0.15) is 18.0 Å². The van der Waals surface area contributed by atoms with Gasteiger partial charge in [-0.15, -0.1) is 0 Å². The number of hydrogen-bond acceptors (Lipinski definition) is 6. The lowest BCUT2D eigenvalue weighted by Gasteiger charge is -2.36. The highest BCUT2D eigenvalue weighted by Gasteiger charge is 2.22. The number of nitrogens with one attached hydrogen (secondary N) is 2. The molecule has 0 unspecified atom stereocenters. The topological polar surface area (TPSA) is 103 Å². The number of nitrogens with zero attached hydrogens (tertiary/aromatic N) is 3. The molecule has 4 amide bonds. The molecule has 1 heterocycles. The lowest BCUT2D eigenvalue weighted by Crippen LogP contribution is -2.50. The average molecular weight is 608 g/mol. The molecule has 1 saturated heterocycles.